The van der Waals surface area contributed by atoms with E-state index in [1.54, 1.807) is 0 Å². The van der Waals surface area contributed by atoms with Gasteiger partial charge in [-0.15, -0.1) is 0 Å². The average Bonchev–Trinajstić information content (AvgIpc) is 2.00. The van der Waals surface area contributed by atoms with Crippen molar-refractivity contribution >= 4 is 10.0 Å². The van der Waals surface area contributed by atoms with Crippen molar-refractivity contribution in [2.24, 2.45) is 0 Å². The van der Waals surface area contributed by atoms with Crippen molar-refractivity contribution in [1.29, 1.82) is 0 Å². The molecule has 0 atom stereocenters. The second-order valence-corrected chi connectivity index (χ2v) is 5.56. The van der Waals surface area contributed by atoms with Gasteiger partial charge in [0.15, 0.2) is 0 Å². The third kappa shape index (κ3) is 3.55. The maximum atomic E-state index is 11.3. The smallest absolute Gasteiger partial charge is 0.211 e. The van der Waals surface area contributed by atoms with E-state index >= 15 is 0 Å². The van der Waals surface area contributed by atoms with Crippen LogP contribution in [0.25, 0.3) is 0 Å². The predicted molar refractivity (Wildman–Crippen MR) is 55.6 cm³/mol. The van der Waals surface area contributed by atoms with E-state index in [2.05, 4.69) is 4.72 Å². The third-order valence-electron chi connectivity index (χ3n) is 2.32. The van der Waals surface area contributed by atoms with Gasteiger partial charge in [0, 0.05) is 12.6 Å². The van der Waals surface area contributed by atoms with Gasteiger partial charge >= 0.3 is 0 Å². The van der Waals surface area contributed by atoms with Crippen molar-refractivity contribution in [3.05, 3.63) is 0 Å². The van der Waals surface area contributed by atoms with Gasteiger partial charge in [0.25, 0.3) is 0 Å². The topological polar surface area (TPSA) is 55.4 Å². The maximum absolute atomic E-state index is 11.3. The molecule has 0 aromatic heterocycles. The summed E-state index contributed by atoms with van der Waals surface area (Å²) in [5.41, 5.74) is 0. The molecule has 1 fully saturated rings. The third-order valence-corrected chi connectivity index (χ3v) is 3.95. The molecule has 0 saturated heterocycles. The minimum Gasteiger partial charge on any atom is -0.378 e. The van der Waals surface area contributed by atoms with Crippen LogP contribution in [0.4, 0.5) is 0 Å². The molecule has 0 aromatic rings. The molecule has 1 saturated carbocycles. The van der Waals surface area contributed by atoms with Crippen molar-refractivity contribution < 1.29 is 13.2 Å². The zero-order valence-electron chi connectivity index (χ0n) is 8.82. The highest BCUT2D eigenvalue weighted by Gasteiger charge is 2.32. The molecular weight excluding hydrogens is 202 g/mol. The number of hydrogen-bond acceptors (Lipinski definition) is 3. The standard InChI is InChI=1S/C9H19NO3S/c1-3-5-14(11,12)10-8-6-9(7-8)13-4-2/h8-10H,3-7H2,1-2H3. The molecule has 0 aromatic carbocycles. The van der Waals surface area contributed by atoms with E-state index in [4.69, 9.17) is 4.74 Å². The van der Waals surface area contributed by atoms with Crippen LogP contribution in [0.15, 0.2) is 0 Å². The van der Waals surface area contributed by atoms with Crippen LogP contribution in [0.1, 0.15) is 33.1 Å². The van der Waals surface area contributed by atoms with Crippen molar-refractivity contribution in [3.8, 4) is 0 Å². The van der Waals surface area contributed by atoms with Crippen LogP contribution in [-0.2, 0) is 14.8 Å². The molecule has 84 valence electrons. The van der Waals surface area contributed by atoms with E-state index in [0.29, 0.717) is 13.0 Å². The summed E-state index contributed by atoms with van der Waals surface area (Å²) in [5, 5.41) is 0. The van der Waals surface area contributed by atoms with Gasteiger partial charge in [-0.25, -0.2) is 13.1 Å². The highest BCUT2D eigenvalue weighted by Crippen LogP contribution is 2.23. The zero-order valence-corrected chi connectivity index (χ0v) is 9.64. The predicted octanol–water partition coefficient (Wildman–Crippen LogP) is 0.883. The second kappa shape index (κ2) is 5.09. The number of rotatable bonds is 6. The molecule has 0 radical (unpaired) electrons. The van der Waals surface area contributed by atoms with Crippen LogP contribution in [0.3, 0.4) is 0 Å². The summed E-state index contributed by atoms with van der Waals surface area (Å²) in [6, 6.07) is 0.100. The quantitative estimate of drug-likeness (QED) is 0.724. The molecule has 1 aliphatic rings. The molecule has 1 rings (SSSR count). The molecule has 1 aliphatic carbocycles. The van der Waals surface area contributed by atoms with Crippen LogP contribution < -0.4 is 4.72 Å². The number of nitrogens with one attached hydrogen (secondary N) is 1. The van der Waals surface area contributed by atoms with E-state index in [1.165, 1.54) is 0 Å². The van der Waals surface area contributed by atoms with Gasteiger partial charge in [0.05, 0.1) is 11.9 Å². The summed E-state index contributed by atoms with van der Waals surface area (Å²) in [7, 11) is -3.04. The SMILES string of the molecule is CCCS(=O)(=O)NC1CC(OCC)C1. The summed E-state index contributed by atoms with van der Waals surface area (Å²) >= 11 is 0. The number of sulfonamides is 1. The molecule has 0 bridgehead atoms. The van der Waals surface area contributed by atoms with Gasteiger partial charge in [-0.2, -0.15) is 0 Å². The van der Waals surface area contributed by atoms with E-state index in [-0.39, 0.29) is 17.9 Å². The Kier molecular flexibility index (Phi) is 4.34. The molecule has 0 heterocycles. The second-order valence-electron chi connectivity index (χ2n) is 3.68. The Bertz CT molecular complexity index is 257. The van der Waals surface area contributed by atoms with Crippen molar-refractivity contribution in [2.75, 3.05) is 12.4 Å². The molecule has 14 heavy (non-hydrogen) atoms. The molecule has 5 heteroatoms. The van der Waals surface area contributed by atoms with Crippen LogP contribution in [0.2, 0.25) is 0 Å². The normalized spacial score (nSPS) is 27.3. The lowest BCUT2D eigenvalue weighted by atomic mass is 9.90. The summed E-state index contributed by atoms with van der Waals surface area (Å²) in [6.45, 7) is 4.52. The van der Waals surface area contributed by atoms with Crippen molar-refractivity contribution in [2.45, 2.75) is 45.3 Å². The fourth-order valence-corrected chi connectivity index (χ4v) is 2.97. The minimum atomic E-state index is -3.04. The number of hydrogen-bond donors (Lipinski definition) is 1. The molecule has 0 unspecified atom stereocenters. The van der Waals surface area contributed by atoms with Crippen LogP contribution in [-0.4, -0.2) is 32.9 Å². The highest BCUT2D eigenvalue weighted by atomic mass is 32.2. The number of ether oxygens (including phenoxy) is 1. The van der Waals surface area contributed by atoms with Gasteiger partial charge in [0.2, 0.25) is 10.0 Å². The van der Waals surface area contributed by atoms with E-state index in [0.717, 1.165) is 12.8 Å². The fraction of sp³-hybridized carbons (Fsp3) is 1.00. The summed E-state index contributed by atoms with van der Waals surface area (Å²) in [4.78, 5) is 0. The summed E-state index contributed by atoms with van der Waals surface area (Å²) in [6.07, 6.45) is 2.55. The molecule has 4 nitrogen and oxygen atoms in total. The lowest BCUT2D eigenvalue weighted by Gasteiger charge is -2.35. The largest absolute Gasteiger partial charge is 0.378 e. The maximum Gasteiger partial charge on any atom is 0.211 e. The Hall–Kier alpha value is -0.130. The van der Waals surface area contributed by atoms with Crippen LogP contribution in [0, 0.1) is 0 Å². The molecule has 0 aliphatic heterocycles. The molecule has 0 amide bonds. The molecular formula is C9H19NO3S. The molecule has 0 spiro atoms. The Morgan fingerprint density at radius 2 is 2.00 bits per heavy atom. The van der Waals surface area contributed by atoms with E-state index in [9.17, 15) is 8.42 Å². The average molecular weight is 221 g/mol. The van der Waals surface area contributed by atoms with Gasteiger partial charge < -0.3 is 4.74 Å². The van der Waals surface area contributed by atoms with E-state index in [1.807, 2.05) is 13.8 Å². The van der Waals surface area contributed by atoms with E-state index < -0.39 is 10.0 Å². The summed E-state index contributed by atoms with van der Waals surface area (Å²) in [5.74, 6) is 0.225. The fourth-order valence-electron chi connectivity index (χ4n) is 1.62. The van der Waals surface area contributed by atoms with Gasteiger partial charge in [-0.1, -0.05) is 6.92 Å². The van der Waals surface area contributed by atoms with Crippen LogP contribution in [0.5, 0.6) is 0 Å². The summed E-state index contributed by atoms with van der Waals surface area (Å²) < 4.78 is 30.7. The monoisotopic (exact) mass is 221 g/mol. The van der Waals surface area contributed by atoms with Gasteiger partial charge in [-0.05, 0) is 26.2 Å². The van der Waals surface area contributed by atoms with Gasteiger partial charge in [-0.3, -0.25) is 0 Å². The first-order chi connectivity index (χ1) is 6.57. The first-order valence-electron chi connectivity index (χ1n) is 5.19. The van der Waals surface area contributed by atoms with Crippen molar-refractivity contribution in [3.63, 3.8) is 0 Å². The Labute approximate surface area is 86.1 Å². The lowest BCUT2D eigenvalue weighted by Crippen LogP contribution is -2.48. The molecule has 1 N–H and O–H groups in total. The Balaban J connectivity index is 2.22. The lowest BCUT2D eigenvalue weighted by molar-refractivity contribution is -0.00475. The van der Waals surface area contributed by atoms with Crippen LogP contribution >= 0.6 is 0 Å². The first kappa shape index (κ1) is 11.9. The minimum absolute atomic E-state index is 0.100. The van der Waals surface area contributed by atoms with Gasteiger partial charge in [0.1, 0.15) is 0 Å². The zero-order chi connectivity index (χ0) is 10.6. The Morgan fingerprint density at radius 1 is 1.36 bits per heavy atom. The Morgan fingerprint density at radius 3 is 2.50 bits per heavy atom. The first-order valence-corrected chi connectivity index (χ1v) is 6.84. The highest BCUT2D eigenvalue weighted by molar-refractivity contribution is 7.89. The van der Waals surface area contributed by atoms with Crippen molar-refractivity contribution in [1.82, 2.24) is 4.72 Å².